The van der Waals surface area contributed by atoms with Crippen LogP contribution in [0.3, 0.4) is 0 Å². The lowest BCUT2D eigenvalue weighted by molar-refractivity contribution is -0.136. The zero-order valence-corrected chi connectivity index (χ0v) is 13.1. The molecule has 2 N–H and O–H groups in total. The van der Waals surface area contributed by atoms with Gasteiger partial charge in [0.1, 0.15) is 5.75 Å². The van der Waals surface area contributed by atoms with Crippen LogP contribution in [0.15, 0.2) is 28.1 Å². The average molecular weight is 357 g/mol. The van der Waals surface area contributed by atoms with Crippen molar-refractivity contribution in [2.75, 3.05) is 12.4 Å². The summed E-state index contributed by atoms with van der Waals surface area (Å²) >= 11 is 4.87. The van der Waals surface area contributed by atoms with Gasteiger partial charge in [-0.25, -0.2) is 4.98 Å². The molecule has 0 aliphatic carbocycles. The van der Waals surface area contributed by atoms with Crippen LogP contribution in [-0.4, -0.2) is 23.2 Å². The van der Waals surface area contributed by atoms with E-state index in [1.165, 1.54) is 11.3 Å². The Labute approximate surface area is 128 Å². The molecule has 2 aromatic rings. The van der Waals surface area contributed by atoms with E-state index in [4.69, 9.17) is 9.84 Å². The number of halogens is 1. The number of rotatable bonds is 6. The topological polar surface area (TPSA) is 71.5 Å². The van der Waals surface area contributed by atoms with Crippen LogP contribution in [-0.2, 0) is 11.2 Å². The Kier molecular flexibility index (Phi) is 4.97. The number of carbonyl (C=O) groups is 1. The summed E-state index contributed by atoms with van der Waals surface area (Å²) in [6.07, 6.45) is 0.539. The van der Waals surface area contributed by atoms with Gasteiger partial charge in [-0.2, -0.15) is 0 Å². The van der Waals surface area contributed by atoms with Crippen molar-refractivity contribution in [1.82, 2.24) is 4.98 Å². The monoisotopic (exact) mass is 356 g/mol. The van der Waals surface area contributed by atoms with Crippen LogP contribution in [0.4, 0.5) is 10.8 Å². The molecule has 0 unspecified atom stereocenters. The molecule has 2 rings (SSSR count). The minimum absolute atomic E-state index is 0.0945. The highest BCUT2D eigenvalue weighted by Gasteiger charge is 2.06. The predicted octanol–water partition coefficient (Wildman–Crippen LogP) is 3.68. The zero-order valence-electron chi connectivity index (χ0n) is 10.7. The molecule has 0 atom stereocenters. The Morgan fingerprint density at radius 2 is 2.35 bits per heavy atom. The number of thiazole rings is 1. The highest BCUT2D eigenvalue weighted by Crippen LogP contribution is 2.30. The van der Waals surface area contributed by atoms with Crippen LogP contribution < -0.4 is 10.1 Å². The maximum absolute atomic E-state index is 10.5. The second kappa shape index (κ2) is 6.71. The third-order valence-electron chi connectivity index (χ3n) is 2.55. The number of anilines is 2. The Bertz CT molecular complexity index is 615. The molecule has 7 heteroatoms. The number of hydrogen-bond acceptors (Lipinski definition) is 5. The van der Waals surface area contributed by atoms with E-state index in [9.17, 15) is 4.79 Å². The highest BCUT2D eigenvalue weighted by atomic mass is 79.9. The molecule has 1 heterocycles. The minimum Gasteiger partial charge on any atom is -0.496 e. The standard InChI is InChI=1S/C13H13BrN2O3S/c1-19-11-4-2-8(6-10(11)14)15-13-16-9(7-20-13)3-5-12(17)18/h2,4,6-7H,3,5H2,1H3,(H,15,16)(H,17,18). The van der Waals surface area contributed by atoms with Crippen molar-refractivity contribution in [3.05, 3.63) is 33.7 Å². The quantitative estimate of drug-likeness (QED) is 0.825. The van der Waals surface area contributed by atoms with Crippen LogP contribution in [0.2, 0.25) is 0 Å². The van der Waals surface area contributed by atoms with E-state index < -0.39 is 5.97 Å². The van der Waals surface area contributed by atoms with Crippen molar-refractivity contribution in [3.63, 3.8) is 0 Å². The van der Waals surface area contributed by atoms with Crippen molar-refractivity contribution >= 4 is 44.1 Å². The number of nitrogens with zero attached hydrogens (tertiary/aromatic N) is 1. The molecule has 0 amide bonds. The molecule has 0 radical (unpaired) electrons. The molecule has 20 heavy (non-hydrogen) atoms. The first-order valence-electron chi connectivity index (χ1n) is 5.85. The van der Waals surface area contributed by atoms with Crippen molar-refractivity contribution in [1.29, 1.82) is 0 Å². The molecule has 106 valence electrons. The van der Waals surface area contributed by atoms with E-state index >= 15 is 0 Å². The molecule has 5 nitrogen and oxygen atoms in total. The maximum atomic E-state index is 10.5. The fraction of sp³-hybridized carbons (Fsp3) is 0.231. The molecule has 1 aromatic carbocycles. The summed E-state index contributed by atoms with van der Waals surface area (Å²) in [5.41, 5.74) is 1.67. The number of ether oxygens (including phenoxy) is 1. The Morgan fingerprint density at radius 3 is 3.00 bits per heavy atom. The minimum atomic E-state index is -0.813. The summed E-state index contributed by atoms with van der Waals surface area (Å²) < 4.78 is 6.02. The summed E-state index contributed by atoms with van der Waals surface area (Å²) in [6, 6.07) is 5.64. The van der Waals surface area contributed by atoms with Crippen LogP contribution >= 0.6 is 27.3 Å². The lowest BCUT2D eigenvalue weighted by atomic mass is 10.2. The summed E-state index contributed by atoms with van der Waals surface area (Å²) in [5, 5.41) is 14.4. The Morgan fingerprint density at radius 1 is 1.55 bits per heavy atom. The van der Waals surface area contributed by atoms with Crippen LogP contribution in [0, 0.1) is 0 Å². The van der Waals surface area contributed by atoms with Gasteiger partial charge in [0.25, 0.3) is 0 Å². The van der Waals surface area contributed by atoms with Crippen molar-refractivity contribution in [3.8, 4) is 5.75 Å². The number of benzene rings is 1. The van der Waals surface area contributed by atoms with Crippen LogP contribution in [0.5, 0.6) is 5.75 Å². The van der Waals surface area contributed by atoms with E-state index in [0.717, 1.165) is 26.7 Å². The molecular weight excluding hydrogens is 344 g/mol. The third-order valence-corrected chi connectivity index (χ3v) is 3.98. The number of carboxylic acid groups (broad SMARTS) is 1. The number of nitrogens with one attached hydrogen (secondary N) is 1. The number of aryl methyl sites for hydroxylation is 1. The average Bonchev–Trinajstić information content (AvgIpc) is 2.84. The van der Waals surface area contributed by atoms with Gasteiger partial charge in [-0.05, 0) is 34.1 Å². The normalized spacial score (nSPS) is 10.3. The van der Waals surface area contributed by atoms with Gasteiger partial charge in [0.15, 0.2) is 5.13 Å². The fourth-order valence-corrected chi connectivity index (χ4v) is 2.89. The van der Waals surface area contributed by atoms with Gasteiger partial charge in [-0.15, -0.1) is 11.3 Å². The van der Waals surface area contributed by atoms with E-state index in [1.54, 1.807) is 7.11 Å². The fourth-order valence-electron chi connectivity index (χ4n) is 1.58. The van der Waals surface area contributed by atoms with Gasteiger partial charge in [0, 0.05) is 17.5 Å². The lowest BCUT2D eigenvalue weighted by Gasteiger charge is -2.06. The van der Waals surface area contributed by atoms with Gasteiger partial charge in [0.05, 0.1) is 23.7 Å². The summed E-state index contributed by atoms with van der Waals surface area (Å²) in [4.78, 5) is 14.9. The molecule has 0 fully saturated rings. The number of carboxylic acids is 1. The van der Waals surface area contributed by atoms with Gasteiger partial charge >= 0.3 is 5.97 Å². The number of hydrogen-bond donors (Lipinski definition) is 2. The van der Waals surface area contributed by atoms with E-state index in [1.807, 2.05) is 23.6 Å². The molecular formula is C13H13BrN2O3S. The molecule has 0 saturated carbocycles. The van der Waals surface area contributed by atoms with E-state index in [-0.39, 0.29) is 6.42 Å². The first-order chi connectivity index (χ1) is 9.58. The number of methoxy groups -OCH3 is 1. The molecule has 0 bridgehead atoms. The molecule has 1 aromatic heterocycles. The highest BCUT2D eigenvalue weighted by molar-refractivity contribution is 9.10. The van der Waals surface area contributed by atoms with Crippen molar-refractivity contribution < 1.29 is 14.6 Å². The van der Waals surface area contributed by atoms with Crippen molar-refractivity contribution in [2.45, 2.75) is 12.8 Å². The molecule has 0 spiro atoms. The molecule has 0 aliphatic rings. The second-order valence-electron chi connectivity index (χ2n) is 4.01. The van der Waals surface area contributed by atoms with Gasteiger partial charge in [0.2, 0.25) is 0 Å². The lowest BCUT2D eigenvalue weighted by Crippen LogP contribution is -1.98. The predicted molar refractivity (Wildman–Crippen MR) is 82.0 cm³/mol. The van der Waals surface area contributed by atoms with E-state index in [2.05, 4.69) is 26.2 Å². The number of aliphatic carboxylic acids is 1. The maximum Gasteiger partial charge on any atom is 0.303 e. The third kappa shape index (κ3) is 3.94. The smallest absolute Gasteiger partial charge is 0.303 e. The number of aromatic nitrogens is 1. The van der Waals surface area contributed by atoms with Gasteiger partial charge in [-0.1, -0.05) is 0 Å². The Hall–Kier alpha value is -1.60. The van der Waals surface area contributed by atoms with Crippen LogP contribution in [0.25, 0.3) is 0 Å². The SMILES string of the molecule is COc1ccc(Nc2nc(CCC(=O)O)cs2)cc1Br. The van der Waals surface area contributed by atoms with E-state index in [0.29, 0.717) is 6.42 Å². The van der Waals surface area contributed by atoms with Gasteiger partial charge < -0.3 is 15.2 Å². The van der Waals surface area contributed by atoms with Crippen LogP contribution in [0.1, 0.15) is 12.1 Å². The summed E-state index contributed by atoms with van der Waals surface area (Å²) in [7, 11) is 1.61. The van der Waals surface area contributed by atoms with Crippen molar-refractivity contribution in [2.24, 2.45) is 0 Å². The largest absolute Gasteiger partial charge is 0.496 e. The molecule has 0 saturated heterocycles. The zero-order chi connectivity index (χ0) is 14.5. The first kappa shape index (κ1) is 14.8. The van der Waals surface area contributed by atoms with Gasteiger partial charge in [-0.3, -0.25) is 4.79 Å². The summed E-state index contributed by atoms with van der Waals surface area (Å²) in [5.74, 6) is -0.0524. The Balaban J connectivity index is 2.03. The first-order valence-corrected chi connectivity index (χ1v) is 7.52. The molecule has 0 aliphatic heterocycles. The summed E-state index contributed by atoms with van der Waals surface area (Å²) in [6.45, 7) is 0. The second-order valence-corrected chi connectivity index (χ2v) is 5.72.